The highest BCUT2D eigenvalue weighted by molar-refractivity contribution is 5.54. The van der Waals surface area contributed by atoms with Crippen molar-refractivity contribution in [2.75, 3.05) is 5.32 Å². The molecule has 2 aromatic rings. The lowest BCUT2D eigenvalue weighted by atomic mass is 9.92. The number of aryl methyl sites for hydroxylation is 3. The third-order valence-electron chi connectivity index (χ3n) is 3.83. The smallest absolute Gasteiger partial charge is 0.102 e. The Bertz CT molecular complexity index is 591. The molecule has 4 nitrogen and oxygen atoms in total. The molecule has 2 N–H and O–H groups in total. The summed E-state index contributed by atoms with van der Waals surface area (Å²) in [5, 5.41) is 18.3. The molecule has 1 aliphatic heterocycles. The highest BCUT2D eigenvalue weighted by atomic mass is 16.3. The molecule has 0 amide bonds. The number of para-hydroxylation sites is 1. The molecule has 1 aliphatic rings. The summed E-state index contributed by atoms with van der Waals surface area (Å²) in [6, 6.07) is 8.35. The van der Waals surface area contributed by atoms with Crippen LogP contribution < -0.4 is 5.32 Å². The Kier molecular flexibility index (Phi) is 3.03. The van der Waals surface area contributed by atoms with Gasteiger partial charge in [0.15, 0.2) is 0 Å². The molecule has 1 aromatic carbocycles. The van der Waals surface area contributed by atoms with Crippen LogP contribution in [0.2, 0.25) is 0 Å². The molecule has 2 unspecified atom stereocenters. The number of nitrogens with zero attached hydrogens (tertiary/aromatic N) is 2. The first-order valence-corrected chi connectivity index (χ1v) is 6.68. The van der Waals surface area contributed by atoms with Crippen molar-refractivity contribution in [3.05, 3.63) is 47.3 Å². The molecular formula is C15H19N3O. The Hall–Kier alpha value is -1.81. The topological polar surface area (TPSA) is 50.1 Å². The van der Waals surface area contributed by atoms with Gasteiger partial charge in [-0.05, 0) is 31.4 Å². The van der Waals surface area contributed by atoms with Crippen molar-refractivity contribution in [2.45, 2.75) is 31.9 Å². The van der Waals surface area contributed by atoms with Crippen LogP contribution in [0.4, 0.5) is 5.69 Å². The Morgan fingerprint density at radius 3 is 2.95 bits per heavy atom. The molecule has 0 saturated carbocycles. The first-order valence-electron chi connectivity index (χ1n) is 6.68. The van der Waals surface area contributed by atoms with Gasteiger partial charge in [0.05, 0.1) is 11.7 Å². The molecule has 0 spiro atoms. The molecule has 2 heterocycles. The van der Waals surface area contributed by atoms with Crippen LogP contribution >= 0.6 is 0 Å². The average Bonchev–Trinajstić information content (AvgIpc) is 2.76. The predicted octanol–water partition coefficient (Wildman–Crippen LogP) is 2.19. The first-order chi connectivity index (χ1) is 9.15. The molecule has 100 valence electrons. The molecule has 2 atom stereocenters. The van der Waals surface area contributed by atoms with Crippen LogP contribution in [0.25, 0.3) is 0 Å². The van der Waals surface area contributed by atoms with Crippen molar-refractivity contribution >= 4 is 5.69 Å². The minimum absolute atomic E-state index is 0.0535. The number of aromatic nitrogens is 2. The molecule has 4 heteroatoms. The van der Waals surface area contributed by atoms with Crippen LogP contribution in [0, 0.1) is 6.92 Å². The third kappa shape index (κ3) is 2.24. The largest absolute Gasteiger partial charge is 0.386 e. The first kappa shape index (κ1) is 12.2. The second kappa shape index (κ2) is 4.70. The summed E-state index contributed by atoms with van der Waals surface area (Å²) in [5.41, 5.74) is 4.28. The molecule has 0 radical (unpaired) electrons. The summed E-state index contributed by atoms with van der Waals surface area (Å²) >= 11 is 0. The van der Waals surface area contributed by atoms with E-state index in [9.17, 15) is 5.11 Å². The number of nitrogens with one attached hydrogen (secondary N) is 1. The average molecular weight is 257 g/mol. The van der Waals surface area contributed by atoms with Crippen molar-refractivity contribution in [2.24, 2.45) is 7.05 Å². The van der Waals surface area contributed by atoms with Gasteiger partial charge in [-0.2, -0.15) is 5.10 Å². The standard InChI is InChI=1S/C15H19N3O/c1-10-12(9-18(2)17-10)15(19)14-8-7-11-5-3-4-6-13(11)16-14/h3-6,9,14-16,19H,7-8H2,1-2H3. The van der Waals surface area contributed by atoms with Crippen molar-refractivity contribution < 1.29 is 5.11 Å². The molecule has 3 rings (SSSR count). The van der Waals surface area contributed by atoms with Crippen LogP contribution in [0.15, 0.2) is 30.5 Å². The van der Waals surface area contributed by atoms with Gasteiger partial charge in [0.2, 0.25) is 0 Å². The monoisotopic (exact) mass is 257 g/mol. The van der Waals surface area contributed by atoms with E-state index < -0.39 is 6.10 Å². The van der Waals surface area contributed by atoms with Crippen LogP contribution in [0.1, 0.15) is 29.3 Å². The van der Waals surface area contributed by atoms with E-state index in [0.29, 0.717) is 0 Å². The zero-order valence-corrected chi connectivity index (χ0v) is 11.3. The van der Waals surface area contributed by atoms with E-state index in [1.165, 1.54) is 5.56 Å². The minimum atomic E-state index is -0.512. The van der Waals surface area contributed by atoms with Crippen LogP contribution in [0.3, 0.4) is 0 Å². The fraction of sp³-hybridized carbons (Fsp3) is 0.400. The maximum atomic E-state index is 10.5. The maximum Gasteiger partial charge on any atom is 0.102 e. The normalized spacial score (nSPS) is 19.6. The summed E-state index contributed by atoms with van der Waals surface area (Å²) in [7, 11) is 1.88. The fourth-order valence-corrected chi connectivity index (χ4v) is 2.82. The third-order valence-corrected chi connectivity index (χ3v) is 3.83. The molecule has 19 heavy (non-hydrogen) atoms. The molecule has 0 fully saturated rings. The number of benzene rings is 1. The number of anilines is 1. The van der Waals surface area contributed by atoms with E-state index in [4.69, 9.17) is 0 Å². The van der Waals surface area contributed by atoms with Gasteiger partial charge in [0.1, 0.15) is 6.10 Å². The predicted molar refractivity (Wildman–Crippen MR) is 75.1 cm³/mol. The van der Waals surface area contributed by atoms with Gasteiger partial charge in [0, 0.05) is 24.5 Å². The lowest BCUT2D eigenvalue weighted by Crippen LogP contribution is -2.31. The summed E-state index contributed by atoms with van der Waals surface area (Å²) in [6.45, 7) is 1.94. The van der Waals surface area contributed by atoms with Gasteiger partial charge >= 0.3 is 0 Å². The number of hydrogen-bond donors (Lipinski definition) is 2. The zero-order chi connectivity index (χ0) is 13.4. The van der Waals surface area contributed by atoms with E-state index >= 15 is 0 Å². The van der Waals surface area contributed by atoms with Crippen molar-refractivity contribution in [1.29, 1.82) is 0 Å². The lowest BCUT2D eigenvalue weighted by Gasteiger charge is -2.30. The summed E-state index contributed by atoms with van der Waals surface area (Å²) in [6.07, 6.45) is 3.33. The molecule has 1 aromatic heterocycles. The van der Waals surface area contributed by atoms with E-state index in [2.05, 4.69) is 28.6 Å². The van der Waals surface area contributed by atoms with Gasteiger partial charge < -0.3 is 10.4 Å². The van der Waals surface area contributed by atoms with Gasteiger partial charge in [-0.25, -0.2) is 0 Å². The van der Waals surface area contributed by atoms with Crippen LogP contribution in [-0.4, -0.2) is 20.9 Å². The van der Waals surface area contributed by atoms with Crippen molar-refractivity contribution in [3.8, 4) is 0 Å². The van der Waals surface area contributed by atoms with Crippen molar-refractivity contribution in [1.82, 2.24) is 9.78 Å². The second-order valence-corrected chi connectivity index (χ2v) is 5.24. The van der Waals surface area contributed by atoms with Gasteiger partial charge in [-0.1, -0.05) is 18.2 Å². The highest BCUT2D eigenvalue weighted by Crippen LogP contribution is 2.31. The number of aliphatic hydroxyl groups is 1. The summed E-state index contributed by atoms with van der Waals surface area (Å²) in [5.74, 6) is 0. The van der Waals surface area contributed by atoms with Gasteiger partial charge in [-0.15, -0.1) is 0 Å². The minimum Gasteiger partial charge on any atom is -0.386 e. The summed E-state index contributed by atoms with van der Waals surface area (Å²) in [4.78, 5) is 0. The van der Waals surface area contributed by atoms with Crippen LogP contribution in [0.5, 0.6) is 0 Å². The van der Waals surface area contributed by atoms with E-state index in [-0.39, 0.29) is 6.04 Å². The Labute approximate surface area is 113 Å². The lowest BCUT2D eigenvalue weighted by molar-refractivity contribution is 0.148. The molecule has 0 saturated heterocycles. The fourth-order valence-electron chi connectivity index (χ4n) is 2.82. The Balaban J connectivity index is 1.83. The number of aliphatic hydroxyl groups excluding tert-OH is 1. The second-order valence-electron chi connectivity index (χ2n) is 5.24. The molecular weight excluding hydrogens is 238 g/mol. The number of hydrogen-bond acceptors (Lipinski definition) is 3. The highest BCUT2D eigenvalue weighted by Gasteiger charge is 2.27. The van der Waals surface area contributed by atoms with Crippen LogP contribution in [-0.2, 0) is 13.5 Å². The summed E-state index contributed by atoms with van der Waals surface area (Å²) < 4.78 is 1.75. The van der Waals surface area contributed by atoms with Gasteiger partial charge in [-0.3, -0.25) is 4.68 Å². The van der Waals surface area contributed by atoms with Crippen molar-refractivity contribution in [3.63, 3.8) is 0 Å². The van der Waals surface area contributed by atoms with E-state index in [0.717, 1.165) is 29.8 Å². The number of fused-ring (bicyclic) bond motifs is 1. The maximum absolute atomic E-state index is 10.5. The SMILES string of the molecule is Cc1nn(C)cc1C(O)C1CCc2ccccc2N1. The molecule has 0 aliphatic carbocycles. The quantitative estimate of drug-likeness (QED) is 0.867. The van der Waals surface area contributed by atoms with E-state index in [1.807, 2.05) is 26.2 Å². The van der Waals surface area contributed by atoms with E-state index in [1.54, 1.807) is 4.68 Å². The van der Waals surface area contributed by atoms with Gasteiger partial charge in [0.25, 0.3) is 0 Å². The Morgan fingerprint density at radius 1 is 1.42 bits per heavy atom. The molecule has 0 bridgehead atoms. The zero-order valence-electron chi connectivity index (χ0n) is 11.3. The Morgan fingerprint density at radius 2 is 2.21 bits per heavy atom. The number of rotatable bonds is 2.